The number of nitrogens with one attached hydrogen (secondary N) is 3. The van der Waals surface area contributed by atoms with Crippen molar-refractivity contribution in [3.05, 3.63) is 171 Å². The molecule has 3 N–H and O–H groups in total. The SMILES string of the molecule is [C-]#[N+]CCOP(=O)(OCC1OC(n2cnc3c(=O)[nH]c(NC(=O)C(C)C)nc32)CC1OP(=O)(OCC[N+]#[C-])OCC1OC(n2ccc(CC(=O)c3ccccc3)nc2=O)CC1OC(=O)COC(=O)c1cc(C)c(C)c(C)c1)OC1CC(n2cc(C)c(=O)[nH]c2=O)OC1CC. The molecule has 0 bridgehead atoms. The number of anilines is 1. The van der Waals surface area contributed by atoms with E-state index in [1.165, 1.54) is 36.3 Å². The Morgan fingerprint density at radius 2 is 1.31 bits per heavy atom. The number of amides is 1. The highest BCUT2D eigenvalue weighted by Gasteiger charge is 2.49. The van der Waals surface area contributed by atoms with Gasteiger partial charge >= 0.3 is 39.0 Å². The summed E-state index contributed by atoms with van der Waals surface area (Å²) in [7, 11) is -9.94. The van der Waals surface area contributed by atoms with E-state index in [1.54, 1.807) is 63.2 Å². The zero-order valence-corrected chi connectivity index (χ0v) is 53.9. The second-order valence-corrected chi connectivity index (χ2v) is 25.7. The van der Waals surface area contributed by atoms with Crippen LogP contribution in [0.3, 0.4) is 0 Å². The maximum atomic E-state index is 15.3. The van der Waals surface area contributed by atoms with Gasteiger partial charge in [-0.2, -0.15) is 9.97 Å². The normalized spacial score (nSPS) is 22.3. The molecule has 0 saturated carbocycles. The Balaban J connectivity index is 1.00. The van der Waals surface area contributed by atoms with E-state index in [0.29, 0.717) is 5.56 Å². The Kier molecular flexibility index (Phi) is 22.8. The van der Waals surface area contributed by atoms with Gasteiger partial charge in [0.05, 0.1) is 49.4 Å². The number of esters is 2. The Hall–Kier alpha value is -8.49. The molecular formula is C60H69N11O21P2. The van der Waals surface area contributed by atoms with E-state index >= 15 is 4.57 Å². The van der Waals surface area contributed by atoms with Crippen molar-refractivity contribution in [3.8, 4) is 0 Å². The maximum Gasteiger partial charge on any atom is 0.475 e. The predicted octanol–water partition coefficient (Wildman–Crippen LogP) is 6.11. The third-order valence-electron chi connectivity index (χ3n) is 15.5. The molecular weight excluding hydrogens is 1270 g/mol. The highest BCUT2D eigenvalue weighted by molar-refractivity contribution is 7.48. The summed E-state index contributed by atoms with van der Waals surface area (Å²) in [5, 5.41) is 2.54. The number of rotatable bonds is 29. The molecule has 94 heavy (non-hydrogen) atoms. The lowest BCUT2D eigenvalue weighted by Gasteiger charge is -2.27. The number of phosphoric acid groups is 2. The number of ether oxygens (including phenoxy) is 5. The zero-order chi connectivity index (χ0) is 67.6. The third-order valence-corrected chi connectivity index (χ3v) is 18.5. The first-order valence-corrected chi connectivity index (χ1v) is 32.8. The van der Waals surface area contributed by atoms with Crippen LogP contribution in [-0.4, -0.2) is 145 Å². The minimum absolute atomic E-state index is 0.108. The number of H-pyrrole nitrogens is 2. The number of ketones is 1. The number of fused-ring (bicyclic) bond motifs is 1. The van der Waals surface area contributed by atoms with Crippen LogP contribution in [0.5, 0.6) is 0 Å². The van der Waals surface area contributed by atoms with Gasteiger partial charge in [-0.05, 0) is 69.0 Å². The first-order chi connectivity index (χ1) is 44.9. The van der Waals surface area contributed by atoms with Crippen molar-refractivity contribution < 1.29 is 79.1 Å². The fourth-order valence-corrected chi connectivity index (χ4v) is 13.1. The molecule has 11 atom stereocenters. The van der Waals surface area contributed by atoms with Crippen molar-refractivity contribution in [2.75, 3.05) is 51.4 Å². The van der Waals surface area contributed by atoms with Crippen LogP contribution in [-0.2, 0) is 76.0 Å². The number of imidazole rings is 1. The first-order valence-electron chi connectivity index (χ1n) is 29.9. The quantitative estimate of drug-likeness (QED) is 0.0157. The lowest BCUT2D eigenvalue weighted by atomic mass is 10.0. The Morgan fingerprint density at radius 3 is 1.91 bits per heavy atom. The maximum absolute atomic E-state index is 15.3. The van der Waals surface area contributed by atoms with E-state index in [1.807, 2.05) is 20.8 Å². The number of phosphoric ester groups is 2. The Bertz CT molecular complexity index is 4210. The molecule has 1 amide bonds. The number of aryl methyl sites for hydroxylation is 3. The van der Waals surface area contributed by atoms with Gasteiger partial charge < -0.3 is 33.4 Å². The van der Waals surface area contributed by atoms with E-state index in [-0.39, 0.29) is 84.9 Å². The summed E-state index contributed by atoms with van der Waals surface area (Å²) >= 11 is 0. The largest absolute Gasteiger partial charge is 0.475 e. The molecule has 3 saturated heterocycles. The number of aromatic amines is 2. The molecule has 9 rings (SSSR count). The van der Waals surface area contributed by atoms with Gasteiger partial charge in [-0.3, -0.25) is 75.3 Å². The highest BCUT2D eigenvalue weighted by atomic mass is 31.2. The second kappa shape index (κ2) is 30.7. The molecule has 2 aromatic carbocycles. The molecule has 500 valence electrons. The van der Waals surface area contributed by atoms with Gasteiger partial charge in [-0.1, -0.05) is 51.1 Å². The molecule has 32 nitrogen and oxygen atoms in total. The molecule has 7 heterocycles. The van der Waals surface area contributed by atoms with Crippen LogP contribution in [0.2, 0.25) is 0 Å². The minimum atomic E-state index is -5.09. The summed E-state index contributed by atoms with van der Waals surface area (Å²) < 4.78 is 99.9. The molecule has 3 aliphatic rings. The van der Waals surface area contributed by atoms with E-state index in [0.717, 1.165) is 25.8 Å². The summed E-state index contributed by atoms with van der Waals surface area (Å²) in [5.74, 6) is -3.43. The number of Topliss-reactive ketones (excluding diaryl/α,β-unsaturated/α-hetero) is 1. The van der Waals surface area contributed by atoms with Crippen molar-refractivity contribution >= 4 is 56.4 Å². The molecule has 6 aromatic rings. The van der Waals surface area contributed by atoms with Crippen molar-refractivity contribution in [1.82, 2.24) is 38.6 Å². The van der Waals surface area contributed by atoms with Crippen molar-refractivity contribution in [2.45, 2.75) is 136 Å². The molecule has 4 aromatic heterocycles. The van der Waals surface area contributed by atoms with E-state index in [9.17, 15) is 42.9 Å². The third kappa shape index (κ3) is 17.1. The Labute approximate surface area is 536 Å². The van der Waals surface area contributed by atoms with Gasteiger partial charge in [-0.25, -0.2) is 46.4 Å². The lowest BCUT2D eigenvalue weighted by Crippen LogP contribution is -2.33. The van der Waals surface area contributed by atoms with Gasteiger partial charge in [0, 0.05) is 48.7 Å². The zero-order valence-electron chi connectivity index (χ0n) is 52.2. The Morgan fingerprint density at radius 1 is 0.723 bits per heavy atom. The average Bonchev–Trinajstić information content (AvgIpc) is 1.63. The van der Waals surface area contributed by atoms with Crippen LogP contribution in [0.4, 0.5) is 5.95 Å². The monoisotopic (exact) mass is 1340 g/mol. The van der Waals surface area contributed by atoms with Crippen LogP contribution in [0.15, 0.2) is 86.4 Å². The predicted molar refractivity (Wildman–Crippen MR) is 329 cm³/mol. The van der Waals surface area contributed by atoms with Crippen LogP contribution in [0, 0.1) is 46.8 Å². The lowest BCUT2D eigenvalue weighted by molar-refractivity contribution is -0.156. The smallest absolute Gasteiger partial charge is 0.457 e. The van der Waals surface area contributed by atoms with Crippen molar-refractivity contribution in [1.29, 1.82) is 0 Å². The van der Waals surface area contributed by atoms with Gasteiger partial charge in [-0.15, -0.1) is 0 Å². The fraction of sp³-hybridized carbons (Fsp3) is 0.483. The number of aromatic nitrogens is 8. The molecule has 0 radical (unpaired) electrons. The number of nitrogens with zero attached hydrogens (tertiary/aromatic N) is 8. The number of benzene rings is 2. The summed E-state index contributed by atoms with van der Waals surface area (Å²) in [6.07, 6.45) is -8.11. The average molecular weight is 1340 g/mol. The number of carbonyl (C=O) groups is 4. The molecule has 11 unspecified atom stereocenters. The summed E-state index contributed by atoms with van der Waals surface area (Å²) in [4.78, 5) is 129. The van der Waals surface area contributed by atoms with Crippen molar-refractivity contribution in [3.63, 3.8) is 0 Å². The standard InChI is InChI=1S/C60H69N11O21P2/c1-10-42-44(26-49(87-42)70-28-36(6)55(75)68-60(70)79)91-93(80,83-20-17-61-8)86-30-47-45(27-50(89-47)71-32-63-52-53(71)65-58(67-56(52)76)66-54(74)33(2)3)92-94(81,84-21-18-62-9)85-29-46-43(90-51(73)31-82-57(77)39-22-34(4)37(7)35(5)23-39)25-48(88-46)69-19-16-40(64-59(69)78)24-41(72)38-14-12-11-13-15-38/h11-16,19,22-23,28,32-33,42-50H,10,17-18,20-21,24-27,29-31H2,1-7H3,(H,68,75,79)(H2,65,66,67,74,76). The van der Waals surface area contributed by atoms with Crippen LogP contribution in [0.1, 0.15) is 114 Å². The van der Waals surface area contributed by atoms with Crippen LogP contribution >= 0.6 is 15.6 Å². The number of carbonyl (C=O) groups excluding carboxylic acids is 4. The van der Waals surface area contributed by atoms with Gasteiger partial charge in [0.25, 0.3) is 11.1 Å². The van der Waals surface area contributed by atoms with Gasteiger partial charge in [0.2, 0.25) is 24.9 Å². The number of hydrogen-bond donors (Lipinski definition) is 3. The fourth-order valence-electron chi connectivity index (χ4n) is 10.4. The summed E-state index contributed by atoms with van der Waals surface area (Å²) in [5.41, 5.74) is 0.214. The molecule has 3 aliphatic heterocycles. The topological polar surface area (TPSA) is 378 Å². The molecule has 0 aliphatic carbocycles. The van der Waals surface area contributed by atoms with Gasteiger partial charge in [0.1, 0.15) is 56.3 Å². The minimum Gasteiger partial charge on any atom is -0.457 e. The van der Waals surface area contributed by atoms with Gasteiger partial charge in [0.15, 0.2) is 23.6 Å². The molecule has 34 heteroatoms. The highest BCUT2D eigenvalue weighted by Crippen LogP contribution is 2.56. The van der Waals surface area contributed by atoms with E-state index in [4.69, 9.17) is 64.0 Å². The van der Waals surface area contributed by atoms with Crippen molar-refractivity contribution in [2.24, 2.45) is 5.92 Å². The van der Waals surface area contributed by atoms with Crippen LogP contribution < -0.4 is 27.8 Å². The van der Waals surface area contributed by atoms with E-state index in [2.05, 4.69) is 39.9 Å². The first kappa shape index (κ1) is 69.8. The van der Waals surface area contributed by atoms with Crippen LogP contribution in [0.25, 0.3) is 20.9 Å². The molecule has 3 fully saturated rings. The second-order valence-electron chi connectivity index (χ2n) is 22.5. The molecule has 0 spiro atoms. The number of hydrogen-bond acceptors (Lipinski definition) is 24. The summed E-state index contributed by atoms with van der Waals surface area (Å²) in [6.45, 7) is 22.7. The summed E-state index contributed by atoms with van der Waals surface area (Å²) in [6, 6.07) is 13.0. The van der Waals surface area contributed by atoms with E-state index < -0.39 is 150 Å².